The summed E-state index contributed by atoms with van der Waals surface area (Å²) < 4.78 is 43.8. The lowest BCUT2D eigenvalue weighted by molar-refractivity contribution is -0.139. The van der Waals surface area contributed by atoms with Gasteiger partial charge in [-0.3, -0.25) is 4.79 Å². The summed E-state index contributed by atoms with van der Waals surface area (Å²) in [6.45, 7) is 1.96. The molecule has 1 aliphatic rings. The van der Waals surface area contributed by atoms with Crippen LogP contribution in [0.25, 0.3) is 0 Å². The Bertz CT molecular complexity index is 476. The van der Waals surface area contributed by atoms with Gasteiger partial charge in [0, 0.05) is 12.0 Å². The Labute approximate surface area is 109 Å². The van der Waals surface area contributed by atoms with Gasteiger partial charge >= 0.3 is 6.18 Å². The van der Waals surface area contributed by atoms with E-state index in [1.54, 1.807) is 6.92 Å². The minimum atomic E-state index is -4.47. The monoisotopic (exact) mass is 272 g/mol. The highest BCUT2D eigenvalue weighted by molar-refractivity contribution is 5.96. The summed E-state index contributed by atoms with van der Waals surface area (Å²) in [6.07, 6.45) is -2.22. The molecule has 0 aliphatic heterocycles. The Balaban J connectivity index is 2.28. The van der Waals surface area contributed by atoms with Gasteiger partial charge in [0.2, 0.25) is 0 Å². The van der Waals surface area contributed by atoms with Gasteiger partial charge in [-0.25, -0.2) is 0 Å². The van der Waals surface area contributed by atoms with Crippen molar-refractivity contribution < 1.29 is 22.7 Å². The number of ketones is 1. The van der Waals surface area contributed by atoms with E-state index in [0.29, 0.717) is 5.92 Å². The number of carbonyl (C=O) groups excluding carboxylic acids is 1. The molecular weight excluding hydrogens is 257 g/mol. The Morgan fingerprint density at radius 1 is 1.37 bits per heavy atom. The van der Waals surface area contributed by atoms with Crippen molar-refractivity contribution in [1.82, 2.24) is 0 Å². The Kier molecular flexibility index (Phi) is 3.83. The first-order valence-corrected chi connectivity index (χ1v) is 6.29. The summed E-state index contributed by atoms with van der Waals surface area (Å²) in [5.41, 5.74) is -0.554. The van der Waals surface area contributed by atoms with Crippen molar-refractivity contribution in [2.24, 2.45) is 5.92 Å². The third-order valence-corrected chi connectivity index (χ3v) is 3.10. The molecule has 1 saturated carbocycles. The topological polar surface area (TPSA) is 26.3 Å². The first kappa shape index (κ1) is 13.9. The van der Waals surface area contributed by atoms with Crippen LogP contribution >= 0.6 is 0 Å². The van der Waals surface area contributed by atoms with Crippen LogP contribution in [0.4, 0.5) is 13.2 Å². The smallest absolute Gasteiger partial charge is 0.419 e. The summed E-state index contributed by atoms with van der Waals surface area (Å²) in [5.74, 6) is -0.0738. The van der Waals surface area contributed by atoms with Crippen LogP contribution < -0.4 is 4.74 Å². The van der Waals surface area contributed by atoms with E-state index >= 15 is 0 Å². The van der Waals surface area contributed by atoms with Crippen LogP contribution in [0.1, 0.15) is 42.1 Å². The zero-order chi connectivity index (χ0) is 14.0. The average molecular weight is 272 g/mol. The molecule has 19 heavy (non-hydrogen) atoms. The van der Waals surface area contributed by atoms with E-state index in [1.807, 2.05) is 0 Å². The second-order valence-corrected chi connectivity index (χ2v) is 4.74. The zero-order valence-corrected chi connectivity index (χ0v) is 10.6. The molecule has 104 valence electrons. The molecule has 0 saturated heterocycles. The van der Waals surface area contributed by atoms with Crippen LogP contribution in [0.5, 0.6) is 5.75 Å². The lowest BCUT2D eigenvalue weighted by Gasteiger charge is -2.14. The van der Waals surface area contributed by atoms with Gasteiger partial charge in [0.1, 0.15) is 5.75 Å². The zero-order valence-electron chi connectivity index (χ0n) is 10.6. The Hall–Kier alpha value is -1.52. The molecule has 0 atom stereocenters. The molecule has 1 aromatic carbocycles. The minimum Gasteiger partial charge on any atom is -0.493 e. The molecule has 0 amide bonds. The lowest BCUT2D eigenvalue weighted by atomic mass is 10.1. The van der Waals surface area contributed by atoms with Gasteiger partial charge in [-0.15, -0.1) is 0 Å². The average Bonchev–Trinajstić information content (AvgIpc) is 3.17. The van der Waals surface area contributed by atoms with Crippen molar-refractivity contribution in [1.29, 1.82) is 0 Å². The van der Waals surface area contributed by atoms with E-state index in [4.69, 9.17) is 4.74 Å². The maximum Gasteiger partial charge on any atom is 0.419 e. The molecule has 5 heteroatoms. The van der Waals surface area contributed by atoms with E-state index in [0.717, 1.165) is 18.9 Å². The number of carbonyl (C=O) groups is 1. The highest BCUT2D eigenvalue weighted by Crippen LogP contribution is 2.38. The van der Waals surface area contributed by atoms with E-state index in [9.17, 15) is 18.0 Å². The fraction of sp³-hybridized carbons (Fsp3) is 0.500. The highest BCUT2D eigenvalue weighted by Gasteiger charge is 2.35. The van der Waals surface area contributed by atoms with E-state index in [-0.39, 0.29) is 30.1 Å². The predicted octanol–water partition coefficient (Wildman–Crippen LogP) is 4.09. The van der Waals surface area contributed by atoms with E-state index in [1.165, 1.54) is 12.1 Å². The van der Waals surface area contributed by atoms with Crippen LogP contribution in [0, 0.1) is 5.92 Å². The fourth-order valence-electron chi connectivity index (χ4n) is 1.75. The number of benzene rings is 1. The van der Waals surface area contributed by atoms with Gasteiger partial charge in [-0.2, -0.15) is 13.2 Å². The molecule has 2 nitrogen and oxygen atoms in total. The van der Waals surface area contributed by atoms with Gasteiger partial charge in [0.15, 0.2) is 5.78 Å². The molecule has 0 aromatic heterocycles. The van der Waals surface area contributed by atoms with Crippen molar-refractivity contribution >= 4 is 5.78 Å². The summed E-state index contributed by atoms with van der Waals surface area (Å²) in [4.78, 5) is 11.5. The van der Waals surface area contributed by atoms with Gasteiger partial charge in [-0.05, 0) is 30.9 Å². The van der Waals surface area contributed by atoms with Crippen LogP contribution in [0.3, 0.4) is 0 Å². The van der Waals surface area contributed by atoms with Crippen LogP contribution in [-0.2, 0) is 6.18 Å². The van der Waals surface area contributed by atoms with E-state index < -0.39 is 11.7 Å². The maximum absolute atomic E-state index is 12.8. The number of hydrogen-bond donors (Lipinski definition) is 0. The molecule has 1 aromatic rings. The molecule has 0 bridgehead atoms. The molecule has 0 unspecified atom stereocenters. The third-order valence-electron chi connectivity index (χ3n) is 3.10. The molecular formula is C14H15F3O2. The molecule has 0 radical (unpaired) electrons. The number of rotatable bonds is 5. The number of Topliss-reactive ketones (excluding diaryl/α,β-unsaturated/α-hetero) is 1. The van der Waals surface area contributed by atoms with Crippen molar-refractivity contribution in [3.8, 4) is 5.75 Å². The first-order chi connectivity index (χ1) is 8.91. The number of halogens is 3. The molecule has 0 N–H and O–H groups in total. The van der Waals surface area contributed by atoms with Gasteiger partial charge < -0.3 is 4.74 Å². The molecule has 0 heterocycles. The summed E-state index contributed by atoms with van der Waals surface area (Å²) in [5, 5.41) is 0. The summed E-state index contributed by atoms with van der Waals surface area (Å²) >= 11 is 0. The van der Waals surface area contributed by atoms with Gasteiger partial charge in [0.05, 0.1) is 12.2 Å². The van der Waals surface area contributed by atoms with E-state index in [2.05, 4.69) is 0 Å². The maximum atomic E-state index is 12.8. The van der Waals surface area contributed by atoms with Crippen molar-refractivity contribution in [3.63, 3.8) is 0 Å². The largest absolute Gasteiger partial charge is 0.493 e. The third kappa shape index (κ3) is 3.49. The van der Waals surface area contributed by atoms with Crippen molar-refractivity contribution in [3.05, 3.63) is 29.3 Å². The minimum absolute atomic E-state index is 0.190. The number of ether oxygens (including phenoxy) is 1. The second-order valence-electron chi connectivity index (χ2n) is 4.74. The standard InChI is InChI=1S/C14H15F3O2/c1-2-12(18)10-5-6-11(14(15,16)17)13(7-10)19-8-9-3-4-9/h5-7,9H,2-4,8H2,1H3. The van der Waals surface area contributed by atoms with Crippen LogP contribution in [-0.4, -0.2) is 12.4 Å². The van der Waals surface area contributed by atoms with Crippen LogP contribution in [0.2, 0.25) is 0 Å². The first-order valence-electron chi connectivity index (χ1n) is 6.29. The Morgan fingerprint density at radius 3 is 2.58 bits per heavy atom. The number of alkyl halides is 3. The second kappa shape index (κ2) is 5.23. The van der Waals surface area contributed by atoms with Gasteiger partial charge in [-0.1, -0.05) is 13.0 Å². The Morgan fingerprint density at radius 2 is 2.05 bits per heavy atom. The van der Waals surface area contributed by atoms with Gasteiger partial charge in [0.25, 0.3) is 0 Å². The molecule has 1 aliphatic carbocycles. The highest BCUT2D eigenvalue weighted by atomic mass is 19.4. The SMILES string of the molecule is CCC(=O)c1ccc(C(F)(F)F)c(OCC2CC2)c1. The molecule has 0 spiro atoms. The summed E-state index contributed by atoms with van der Waals surface area (Å²) in [6, 6.07) is 3.33. The van der Waals surface area contributed by atoms with Crippen molar-refractivity contribution in [2.75, 3.05) is 6.61 Å². The lowest BCUT2D eigenvalue weighted by Crippen LogP contribution is -2.11. The summed E-state index contributed by atoms with van der Waals surface area (Å²) in [7, 11) is 0. The normalized spacial score (nSPS) is 15.4. The predicted molar refractivity (Wildman–Crippen MR) is 64.3 cm³/mol. The molecule has 2 rings (SSSR count). The molecule has 1 fully saturated rings. The van der Waals surface area contributed by atoms with Crippen molar-refractivity contribution in [2.45, 2.75) is 32.4 Å². The quantitative estimate of drug-likeness (QED) is 0.755. The van der Waals surface area contributed by atoms with Crippen LogP contribution in [0.15, 0.2) is 18.2 Å². The fourth-order valence-corrected chi connectivity index (χ4v) is 1.75. The number of hydrogen-bond acceptors (Lipinski definition) is 2.